The van der Waals surface area contributed by atoms with E-state index >= 15 is 0 Å². The van der Waals surface area contributed by atoms with Crippen molar-refractivity contribution in [1.29, 1.82) is 0 Å². The van der Waals surface area contributed by atoms with Crippen molar-refractivity contribution in [3.05, 3.63) is 93.2 Å². The highest BCUT2D eigenvalue weighted by molar-refractivity contribution is 5.92. The highest BCUT2D eigenvalue weighted by Crippen LogP contribution is 2.33. The SMILES string of the molecule is Cc1cc(=O)c(C(=O)NC[C@@H](c2cccc(F)c2)N(C)C)nn1-c1ccccc1C(F)(F)F. The quantitative estimate of drug-likeness (QED) is 0.567. The van der Waals surface area contributed by atoms with Gasteiger partial charge in [-0.1, -0.05) is 24.3 Å². The molecule has 1 amide bonds. The maximum atomic E-state index is 13.6. The molecule has 10 heteroatoms. The molecule has 1 atom stereocenters. The lowest BCUT2D eigenvalue weighted by molar-refractivity contribution is -0.137. The molecule has 3 aromatic rings. The van der Waals surface area contributed by atoms with E-state index in [1.54, 1.807) is 31.1 Å². The highest BCUT2D eigenvalue weighted by Gasteiger charge is 2.34. The number of likely N-dealkylation sites (N-methyl/N-ethyl adjacent to an activating group) is 1. The van der Waals surface area contributed by atoms with Crippen LogP contribution in [0, 0.1) is 12.7 Å². The smallest absolute Gasteiger partial charge is 0.349 e. The number of hydrogen-bond donors (Lipinski definition) is 1. The number of nitrogens with one attached hydrogen (secondary N) is 1. The Kier molecular flexibility index (Phi) is 6.97. The van der Waals surface area contributed by atoms with Gasteiger partial charge in [0.25, 0.3) is 5.91 Å². The number of hydrogen-bond acceptors (Lipinski definition) is 4. The van der Waals surface area contributed by atoms with E-state index in [0.29, 0.717) is 5.56 Å². The van der Waals surface area contributed by atoms with Gasteiger partial charge in [-0.3, -0.25) is 9.59 Å². The van der Waals surface area contributed by atoms with Gasteiger partial charge in [0.1, 0.15) is 5.82 Å². The Hall–Kier alpha value is -3.53. The molecule has 1 N–H and O–H groups in total. The van der Waals surface area contributed by atoms with E-state index < -0.39 is 40.6 Å². The number of amides is 1. The van der Waals surface area contributed by atoms with Crippen LogP contribution in [0.5, 0.6) is 0 Å². The first-order valence-corrected chi connectivity index (χ1v) is 9.96. The molecular formula is C23H22F4N4O2. The van der Waals surface area contributed by atoms with Crippen LogP contribution < -0.4 is 10.7 Å². The van der Waals surface area contributed by atoms with E-state index in [1.165, 1.54) is 37.3 Å². The third-order valence-electron chi connectivity index (χ3n) is 5.07. The van der Waals surface area contributed by atoms with Crippen molar-refractivity contribution in [2.24, 2.45) is 0 Å². The van der Waals surface area contributed by atoms with Gasteiger partial charge in [0.2, 0.25) is 5.43 Å². The largest absolute Gasteiger partial charge is 0.418 e. The van der Waals surface area contributed by atoms with Crippen LogP contribution in [-0.2, 0) is 6.18 Å². The summed E-state index contributed by atoms with van der Waals surface area (Å²) in [4.78, 5) is 26.9. The Morgan fingerprint density at radius 2 is 1.82 bits per heavy atom. The molecule has 0 saturated heterocycles. The number of alkyl halides is 3. The summed E-state index contributed by atoms with van der Waals surface area (Å²) in [5.41, 5.74) is -1.78. The number of para-hydroxylation sites is 1. The number of carbonyl (C=O) groups is 1. The Morgan fingerprint density at radius 1 is 1.12 bits per heavy atom. The van der Waals surface area contributed by atoms with E-state index in [9.17, 15) is 27.2 Å². The maximum absolute atomic E-state index is 13.6. The first kappa shape index (κ1) is 24.1. The summed E-state index contributed by atoms with van der Waals surface area (Å²) < 4.78 is 54.9. The monoisotopic (exact) mass is 462 g/mol. The number of benzene rings is 2. The van der Waals surface area contributed by atoms with Crippen LogP contribution in [0.3, 0.4) is 0 Å². The van der Waals surface area contributed by atoms with Gasteiger partial charge < -0.3 is 10.2 Å². The van der Waals surface area contributed by atoms with Crippen molar-refractivity contribution in [1.82, 2.24) is 20.0 Å². The molecule has 0 fully saturated rings. The summed E-state index contributed by atoms with van der Waals surface area (Å²) in [6.07, 6.45) is -4.65. The average molecular weight is 462 g/mol. The Labute approximate surface area is 187 Å². The predicted octanol–water partition coefficient (Wildman–Crippen LogP) is 3.73. The van der Waals surface area contributed by atoms with Crippen LogP contribution in [0.25, 0.3) is 5.69 Å². The fourth-order valence-corrected chi connectivity index (χ4v) is 3.43. The molecule has 33 heavy (non-hydrogen) atoms. The fourth-order valence-electron chi connectivity index (χ4n) is 3.43. The van der Waals surface area contributed by atoms with Crippen molar-refractivity contribution < 1.29 is 22.4 Å². The van der Waals surface area contributed by atoms with Crippen LogP contribution in [0.4, 0.5) is 17.6 Å². The van der Waals surface area contributed by atoms with Crippen LogP contribution in [0.2, 0.25) is 0 Å². The van der Waals surface area contributed by atoms with Gasteiger partial charge in [-0.25, -0.2) is 9.07 Å². The van der Waals surface area contributed by atoms with Gasteiger partial charge in [0, 0.05) is 18.3 Å². The summed E-state index contributed by atoms with van der Waals surface area (Å²) in [6.45, 7) is 1.44. The second-order valence-electron chi connectivity index (χ2n) is 7.67. The van der Waals surface area contributed by atoms with Crippen LogP contribution in [0.15, 0.2) is 59.4 Å². The van der Waals surface area contributed by atoms with E-state index in [1.807, 2.05) is 0 Å². The van der Waals surface area contributed by atoms with Gasteiger partial charge in [0.05, 0.1) is 17.3 Å². The minimum absolute atomic E-state index is 0.0173. The number of rotatable bonds is 6. The summed E-state index contributed by atoms with van der Waals surface area (Å²) in [7, 11) is 3.49. The number of aromatic nitrogens is 2. The lowest BCUT2D eigenvalue weighted by Crippen LogP contribution is -2.37. The normalized spacial score (nSPS) is 12.6. The molecule has 6 nitrogen and oxygen atoms in total. The molecule has 2 aromatic carbocycles. The number of nitrogens with zero attached hydrogens (tertiary/aromatic N) is 3. The molecule has 0 aliphatic heterocycles. The predicted molar refractivity (Wildman–Crippen MR) is 115 cm³/mol. The Bertz CT molecular complexity index is 1220. The first-order chi connectivity index (χ1) is 15.5. The molecule has 0 spiro atoms. The van der Waals surface area contributed by atoms with Gasteiger partial charge in [-0.05, 0) is 50.8 Å². The summed E-state index contributed by atoms with van der Waals surface area (Å²) >= 11 is 0. The summed E-state index contributed by atoms with van der Waals surface area (Å²) in [5, 5.41) is 6.53. The minimum atomic E-state index is -4.65. The van der Waals surface area contributed by atoms with Crippen molar-refractivity contribution in [3.63, 3.8) is 0 Å². The molecule has 0 saturated carbocycles. The van der Waals surface area contributed by atoms with Crippen LogP contribution in [0.1, 0.15) is 33.4 Å². The van der Waals surface area contributed by atoms with Crippen molar-refractivity contribution in [2.75, 3.05) is 20.6 Å². The van der Waals surface area contributed by atoms with Crippen molar-refractivity contribution >= 4 is 5.91 Å². The molecule has 1 aromatic heterocycles. The molecular weight excluding hydrogens is 440 g/mol. The van der Waals surface area contributed by atoms with Gasteiger partial charge in [-0.2, -0.15) is 18.3 Å². The number of halogens is 4. The van der Waals surface area contributed by atoms with E-state index in [0.717, 1.165) is 16.8 Å². The van der Waals surface area contributed by atoms with Crippen molar-refractivity contribution in [3.8, 4) is 5.69 Å². The average Bonchev–Trinajstić information content (AvgIpc) is 2.73. The lowest BCUT2D eigenvalue weighted by Gasteiger charge is -2.25. The molecule has 0 unspecified atom stereocenters. The molecule has 174 valence electrons. The Balaban J connectivity index is 1.93. The van der Waals surface area contributed by atoms with E-state index in [2.05, 4.69) is 10.4 Å². The first-order valence-electron chi connectivity index (χ1n) is 9.96. The second kappa shape index (κ2) is 9.53. The van der Waals surface area contributed by atoms with Gasteiger partial charge >= 0.3 is 6.18 Å². The standard InChI is InChI=1S/C23H22F4N4O2/c1-14-11-20(32)21(29-31(14)18-10-5-4-9-17(18)23(25,26)27)22(33)28-13-19(30(2)3)15-7-6-8-16(24)12-15/h4-12,19H,13H2,1-3H3,(H,28,33)/t19-/m0/s1. The zero-order valence-electron chi connectivity index (χ0n) is 18.2. The maximum Gasteiger partial charge on any atom is 0.418 e. The lowest BCUT2D eigenvalue weighted by atomic mass is 10.1. The third kappa shape index (κ3) is 5.46. The zero-order chi connectivity index (χ0) is 24.3. The summed E-state index contributed by atoms with van der Waals surface area (Å²) in [6, 6.07) is 11.3. The van der Waals surface area contributed by atoms with Crippen LogP contribution in [-0.4, -0.2) is 41.2 Å². The number of carbonyl (C=O) groups excluding carboxylic acids is 1. The summed E-state index contributed by atoms with van der Waals surface area (Å²) in [5.74, 6) is -1.28. The highest BCUT2D eigenvalue weighted by atomic mass is 19.4. The van der Waals surface area contributed by atoms with E-state index in [-0.39, 0.29) is 17.9 Å². The molecule has 0 bridgehead atoms. The van der Waals surface area contributed by atoms with Crippen molar-refractivity contribution in [2.45, 2.75) is 19.1 Å². The zero-order valence-corrected chi connectivity index (χ0v) is 18.2. The topological polar surface area (TPSA) is 67.2 Å². The molecule has 1 heterocycles. The Morgan fingerprint density at radius 3 is 2.45 bits per heavy atom. The van der Waals surface area contributed by atoms with E-state index in [4.69, 9.17) is 0 Å². The molecule has 0 aliphatic carbocycles. The third-order valence-corrected chi connectivity index (χ3v) is 5.07. The molecule has 3 rings (SSSR count). The van der Waals surface area contributed by atoms with Gasteiger partial charge in [0.15, 0.2) is 5.69 Å². The molecule has 0 radical (unpaired) electrons. The fraction of sp³-hybridized carbons (Fsp3) is 0.261. The van der Waals surface area contributed by atoms with Gasteiger partial charge in [-0.15, -0.1) is 0 Å². The van der Waals surface area contributed by atoms with Crippen LogP contribution >= 0.6 is 0 Å². The number of aryl methyl sites for hydroxylation is 1. The molecule has 0 aliphatic rings. The second-order valence-corrected chi connectivity index (χ2v) is 7.67. The minimum Gasteiger partial charge on any atom is -0.349 e.